The Morgan fingerprint density at radius 2 is 1.94 bits per heavy atom. The summed E-state index contributed by atoms with van der Waals surface area (Å²) in [6, 6.07) is 6.15. The highest BCUT2D eigenvalue weighted by Gasteiger charge is 2.22. The van der Waals surface area contributed by atoms with Gasteiger partial charge in [0.1, 0.15) is 6.07 Å². The third-order valence-corrected chi connectivity index (χ3v) is 3.66. The number of rotatable bonds is 2. The molecule has 1 heterocycles. The van der Waals surface area contributed by atoms with Crippen molar-refractivity contribution in [3.8, 4) is 6.07 Å². The van der Waals surface area contributed by atoms with Gasteiger partial charge in [-0.25, -0.2) is 0 Å². The molecule has 1 saturated carbocycles. The van der Waals surface area contributed by atoms with E-state index in [4.69, 9.17) is 5.26 Å². The summed E-state index contributed by atoms with van der Waals surface area (Å²) in [5, 5.41) is 16.7. The van der Waals surface area contributed by atoms with Crippen molar-refractivity contribution < 1.29 is 0 Å². The molecule has 1 aliphatic carbocycles. The zero-order chi connectivity index (χ0) is 12.3. The zero-order valence-corrected chi connectivity index (χ0v) is 10.4. The van der Waals surface area contributed by atoms with E-state index in [9.17, 15) is 0 Å². The monoisotopic (exact) mass is 230 g/mol. The number of nitriles is 1. The van der Waals surface area contributed by atoms with Crippen molar-refractivity contribution >= 4 is 5.82 Å². The molecular weight excluding hydrogens is 212 g/mol. The molecule has 1 aromatic rings. The van der Waals surface area contributed by atoms with Crippen LogP contribution in [0, 0.1) is 17.2 Å². The molecule has 0 N–H and O–H groups in total. The van der Waals surface area contributed by atoms with Crippen molar-refractivity contribution in [2.45, 2.75) is 38.6 Å². The lowest BCUT2D eigenvalue weighted by Gasteiger charge is -2.34. The van der Waals surface area contributed by atoms with Gasteiger partial charge < -0.3 is 4.90 Å². The van der Waals surface area contributed by atoms with Gasteiger partial charge in [0, 0.05) is 13.1 Å². The largest absolute Gasteiger partial charge is 0.355 e. The van der Waals surface area contributed by atoms with Crippen LogP contribution in [0.25, 0.3) is 0 Å². The van der Waals surface area contributed by atoms with Gasteiger partial charge in [-0.05, 0) is 43.7 Å². The van der Waals surface area contributed by atoms with Crippen LogP contribution >= 0.6 is 0 Å². The molecule has 0 aromatic carbocycles. The van der Waals surface area contributed by atoms with Crippen molar-refractivity contribution in [1.29, 1.82) is 5.26 Å². The Balaban J connectivity index is 2.03. The van der Waals surface area contributed by atoms with Gasteiger partial charge in [0.25, 0.3) is 0 Å². The van der Waals surface area contributed by atoms with Crippen LogP contribution in [0.15, 0.2) is 12.1 Å². The van der Waals surface area contributed by atoms with Gasteiger partial charge in [0.15, 0.2) is 11.5 Å². The summed E-state index contributed by atoms with van der Waals surface area (Å²) in [6.07, 6.45) is 5.02. The molecule has 1 aliphatic rings. The first kappa shape index (κ1) is 11.8. The van der Waals surface area contributed by atoms with Gasteiger partial charge in [0.2, 0.25) is 0 Å². The highest BCUT2D eigenvalue weighted by Crippen LogP contribution is 2.28. The van der Waals surface area contributed by atoms with Crippen molar-refractivity contribution in [3.05, 3.63) is 17.8 Å². The summed E-state index contributed by atoms with van der Waals surface area (Å²) < 4.78 is 0. The van der Waals surface area contributed by atoms with Crippen LogP contribution < -0.4 is 4.90 Å². The number of nitrogens with zero attached hydrogens (tertiary/aromatic N) is 4. The molecule has 0 spiro atoms. The SMILES string of the molecule is CC1CCC(N(C)c2ccc(C#N)nn2)CC1. The molecule has 0 aliphatic heterocycles. The van der Waals surface area contributed by atoms with E-state index in [0.29, 0.717) is 11.7 Å². The molecule has 4 nitrogen and oxygen atoms in total. The van der Waals surface area contributed by atoms with Crippen LogP contribution in [0.3, 0.4) is 0 Å². The van der Waals surface area contributed by atoms with Crippen molar-refractivity contribution in [3.63, 3.8) is 0 Å². The Bertz CT molecular complexity index is 398. The second-order valence-electron chi connectivity index (χ2n) is 4.91. The third kappa shape index (κ3) is 2.73. The fraction of sp³-hybridized carbons (Fsp3) is 0.615. The zero-order valence-electron chi connectivity index (χ0n) is 10.4. The van der Waals surface area contributed by atoms with E-state index < -0.39 is 0 Å². The first-order chi connectivity index (χ1) is 8.20. The van der Waals surface area contributed by atoms with Gasteiger partial charge in [-0.1, -0.05) is 6.92 Å². The standard InChI is InChI=1S/C13H18N4/c1-10-3-6-12(7-4-10)17(2)13-8-5-11(9-14)15-16-13/h5,8,10,12H,3-4,6-7H2,1-2H3. The van der Waals surface area contributed by atoms with E-state index in [1.54, 1.807) is 6.07 Å². The van der Waals surface area contributed by atoms with Crippen molar-refractivity contribution in [2.75, 3.05) is 11.9 Å². The van der Waals surface area contributed by atoms with Gasteiger partial charge in [-0.3, -0.25) is 0 Å². The van der Waals surface area contributed by atoms with Crippen molar-refractivity contribution in [2.24, 2.45) is 5.92 Å². The minimum Gasteiger partial charge on any atom is -0.355 e. The topological polar surface area (TPSA) is 52.8 Å². The Labute approximate surface area is 102 Å². The van der Waals surface area contributed by atoms with E-state index in [1.807, 2.05) is 12.1 Å². The van der Waals surface area contributed by atoms with Crippen LogP contribution in [-0.4, -0.2) is 23.3 Å². The van der Waals surface area contributed by atoms with E-state index in [-0.39, 0.29) is 0 Å². The summed E-state index contributed by atoms with van der Waals surface area (Å²) in [7, 11) is 2.07. The molecule has 1 fully saturated rings. The maximum absolute atomic E-state index is 8.68. The fourth-order valence-electron chi connectivity index (χ4n) is 2.39. The number of aromatic nitrogens is 2. The second-order valence-corrected chi connectivity index (χ2v) is 4.91. The van der Waals surface area contributed by atoms with Crippen LogP contribution in [0.5, 0.6) is 0 Å². The average Bonchev–Trinajstić information content (AvgIpc) is 2.39. The normalized spacial score (nSPS) is 24.1. The lowest BCUT2D eigenvalue weighted by Crippen LogP contribution is -2.35. The van der Waals surface area contributed by atoms with E-state index >= 15 is 0 Å². The lowest BCUT2D eigenvalue weighted by atomic mass is 9.87. The highest BCUT2D eigenvalue weighted by atomic mass is 15.3. The summed E-state index contributed by atoms with van der Waals surface area (Å²) in [5.74, 6) is 1.72. The number of hydrogen-bond donors (Lipinski definition) is 0. The maximum atomic E-state index is 8.68. The molecule has 90 valence electrons. The molecule has 0 unspecified atom stereocenters. The summed E-state index contributed by atoms with van der Waals surface area (Å²) in [5.41, 5.74) is 0.374. The first-order valence-corrected chi connectivity index (χ1v) is 6.17. The lowest BCUT2D eigenvalue weighted by molar-refractivity contribution is 0.339. The number of anilines is 1. The van der Waals surface area contributed by atoms with E-state index in [2.05, 4.69) is 29.1 Å². The van der Waals surface area contributed by atoms with Crippen LogP contribution in [0.2, 0.25) is 0 Å². The summed E-state index contributed by atoms with van der Waals surface area (Å²) >= 11 is 0. The first-order valence-electron chi connectivity index (χ1n) is 6.17. The quantitative estimate of drug-likeness (QED) is 0.782. The second kappa shape index (κ2) is 5.13. The molecular formula is C13H18N4. The molecule has 0 amide bonds. The number of hydrogen-bond acceptors (Lipinski definition) is 4. The molecule has 2 rings (SSSR count). The molecule has 0 radical (unpaired) electrons. The summed E-state index contributed by atoms with van der Waals surface area (Å²) in [6.45, 7) is 2.32. The van der Waals surface area contributed by atoms with Gasteiger partial charge in [-0.15, -0.1) is 10.2 Å². The predicted octanol–water partition coefficient (Wildman–Crippen LogP) is 2.36. The molecule has 0 saturated heterocycles. The van der Waals surface area contributed by atoms with E-state index in [0.717, 1.165) is 11.7 Å². The molecule has 0 bridgehead atoms. The summed E-state index contributed by atoms with van der Waals surface area (Å²) in [4.78, 5) is 2.19. The fourth-order valence-corrected chi connectivity index (χ4v) is 2.39. The Hall–Kier alpha value is -1.63. The van der Waals surface area contributed by atoms with Crippen molar-refractivity contribution in [1.82, 2.24) is 10.2 Å². The highest BCUT2D eigenvalue weighted by molar-refractivity contribution is 5.39. The molecule has 1 aromatic heterocycles. The van der Waals surface area contributed by atoms with Gasteiger partial charge >= 0.3 is 0 Å². The Morgan fingerprint density at radius 1 is 1.24 bits per heavy atom. The van der Waals surface area contributed by atoms with E-state index in [1.165, 1.54) is 25.7 Å². The average molecular weight is 230 g/mol. The minimum atomic E-state index is 0.374. The van der Waals surface area contributed by atoms with Crippen LogP contribution in [0.4, 0.5) is 5.82 Å². The smallest absolute Gasteiger partial charge is 0.163 e. The Morgan fingerprint density at radius 3 is 2.47 bits per heavy atom. The molecule has 0 atom stereocenters. The van der Waals surface area contributed by atoms with Crippen LogP contribution in [0.1, 0.15) is 38.3 Å². The Kier molecular flexibility index (Phi) is 3.58. The molecule has 4 heteroatoms. The van der Waals surface area contributed by atoms with Crippen LogP contribution in [-0.2, 0) is 0 Å². The van der Waals surface area contributed by atoms with Gasteiger partial charge in [0.05, 0.1) is 0 Å². The maximum Gasteiger partial charge on any atom is 0.163 e. The predicted molar refractivity (Wildman–Crippen MR) is 66.6 cm³/mol. The third-order valence-electron chi connectivity index (χ3n) is 3.66. The van der Waals surface area contributed by atoms with Gasteiger partial charge in [-0.2, -0.15) is 5.26 Å². The molecule has 17 heavy (non-hydrogen) atoms. The minimum absolute atomic E-state index is 0.374.